The number of aryl methyl sites for hydroxylation is 1. The Balaban J connectivity index is 2.00. The molecule has 3 heteroatoms. The van der Waals surface area contributed by atoms with E-state index in [1.165, 1.54) is 0 Å². The van der Waals surface area contributed by atoms with Gasteiger partial charge in [-0.2, -0.15) is 0 Å². The Bertz CT molecular complexity index is 1210. The first kappa shape index (κ1) is 22.0. The molecule has 0 fully saturated rings. The molecule has 4 rings (SSSR count). The molecule has 3 aromatic rings. The number of pyridine rings is 1. The molecule has 1 atom stereocenters. The molecule has 0 N–H and O–H groups in total. The average molecular weight is 428 g/mol. The Hall–Kier alpha value is -3.16. The Kier molecular flexibility index (Phi) is 6.58. The lowest BCUT2D eigenvalue weighted by Crippen LogP contribution is -2.06. The van der Waals surface area contributed by atoms with Gasteiger partial charge >= 0.3 is 0 Å². The highest BCUT2D eigenvalue weighted by molar-refractivity contribution is 5.98. The summed E-state index contributed by atoms with van der Waals surface area (Å²) in [6, 6.07) is 11.4. The summed E-state index contributed by atoms with van der Waals surface area (Å²) >= 11 is 0. The van der Waals surface area contributed by atoms with Crippen LogP contribution in [0.5, 0.6) is 5.75 Å². The second-order valence-corrected chi connectivity index (χ2v) is 8.57. The predicted octanol–water partition coefficient (Wildman–Crippen LogP) is 8.15. The lowest BCUT2D eigenvalue weighted by molar-refractivity contribution is 0.419. The zero-order chi connectivity index (χ0) is 22.7. The maximum Gasteiger partial charge on any atom is 0.145 e. The van der Waals surface area contributed by atoms with Crippen molar-refractivity contribution in [2.24, 2.45) is 0 Å². The summed E-state index contributed by atoms with van der Waals surface area (Å²) in [5.41, 5.74) is 9.93. The first-order valence-corrected chi connectivity index (χ1v) is 11.4. The van der Waals surface area contributed by atoms with Gasteiger partial charge in [-0.25, -0.2) is 9.37 Å². The Morgan fingerprint density at radius 1 is 1.16 bits per heavy atom. The molecule has 164 valence electrons. The number of fused-ring (bicyclic) bond motifs is 1. The zero-order valence-electron chi connectivity index (χ0n) is 19.2. The SMILES string of the molecule is C=C=C(CCC)c1cc(C2CC=CCC2)nc2c(OC)cc(-c3cc(C)cc(F)c3)cc12. The third kappa shape index (κ3) is 4.40. The molecular weight excluding hydrogens is 397 g/mol. The van der Waals surface area contributed by atoms with Crippen molar-refractivity contribution in [1.29, 1.82) is 0 Å². The van der Waals surface area contributed by atoms with Crippen LogP contribution in [0.3, 0.4) is 0 Å². The minimum atomic E-state index is -0.240. The van der Waals surface area contributed by atoms with E-state index in [1.807, 2.05) is 19.1 Å². The molecule has 1 aliphatic rings. The van der Waals surface area contributed by atoms with E-state index in [9.17, 15) is 4.39 Å². The number of benzene rings is 2. The van der Waals surface area contributed by atoms with Gasteiger partial charge in [0, 0.05) is 22.6 Å². The molecule has 1 unspecified atom stereocenters. The van der Waals surface area contributed by atoms with Gasteiger partial charge in [0.25, 0.3) is 0 Å². The number of hydrogen-bond donors (Lipinski definition) is 0. The fourth-order valence-electron chi connectivity index (χ4n) is 4.63. The number of methoxy groups -OCH3 is 1. The number of rotatable bonds is 6. The van der Waals surface area contributed by atoms with Crippen LogP contribution in [-0.4, -0.2) is 12.1 Å². The Labute approximate surface area is 190 Å². The van der Waals surface area contributed by atoms with Crippen LogP contribution >= 0.6 is 0 Å². The number of nitrogens with zero attached hydrogens (tertiary/aromatic N) is 1. The molecule has 1 aromatic heterocycles. The van der Waals surface area contributed by atoms with Crippen molar-refractivity contribution in [1.82, 2.24) is 4.98 Å². The summed E-state index contributed by atoms with van der Waals surface area (Å²) in [6.07, 6.45) is 9.57. The molecule has 0 saturated carbocycles. The summed E-state index contributed by atoms with van der Waals surface area (Å²) in [6.45, 7) is 8.04. The predicted molar refractivity (Wildman–Crippen MR) is 132 cm³/mol. The minimum absolute atomic E-state index is 0.240. The average Bonchev–Trinajstić information content (AvgIpc) is 2.81. The van der Waals surface area contributed by atoms with Crippen LogP contribution in [0, 0.1) is 12.7 Å². The molecule has 0 bridgehead atoms. The van der Waals surface area contributed by atoms with Gasteiger partial charge in [-0.1, -0.05) is 38.1 Å². The highest BCUT2D eigenvalue weighted by Crippen LogP contribution is 2.39. The van der Waals surface area contributed by atoms with Crippen LogP contribution in [0.25, 0.3) is 27.6 Å². The van der Waals surface area contributed by atoms with Gasteiger partial charge < -0.3 is 4.74 Å². The summed E-state index contributed by atoms with van der Waals surface area (Å²) in [7, 11) is 1.67. The zero-order valence-corrected chi connectivity index (χ0v) is 19.2. The minimum Gasteiger partial charge on any atom is -0.494 e. The Morgan fingerprint density at radius 2 is 1.97 bits per heavy atom. The van der Waals surface area contributed by atoms with Crippen LogP contribution in [0.2, 0.25) is 0 Å². The highest BCUT2D eigenvalue weighted by Gasteiger charge is 2.20. The second-order valence-electron chi connectivity index (χ2n) is 8.57. The van der Waals surface area contributed by atoms with Crippen LogP contribution < -0.4 is 4.74 Å². The van der Waals surface area contributed by atoms with Crippen molar-refractivity contribution in [3.05, 3.63) is 83.5 Å². The van der Waals surface area contributed by atoms with E-state index < -0.39 is 0 Å². The molecule has 32 heavy (non-hydrogen) atoms. The number of ether oxygens (including phenoxy) is 1. The van der Waals surface area contributed by atoms with Crippen molar-refractivity contribution in [2.75, 3.05) is 7.11 Å². The van der Waals surface area contributed by atoms with Gasteiger partial charge in [0.2, 0.25) is 0 Å². The first-order chi connectivity index (χ1) is 15.5. The maximum atomic E-state index is 14.2. The summed E-state index contributed by atoms with van der Waals surface area (Å²) in [4.78, 5) is 5.08. The molecule has 0 saturated heterocycles. The van der Waals surface area contributed by atoms with Gasteiger partial charge in [0.15, 0.2) is 0 Å². The molecule has 0 aliphatic heterocycles. The number of aromatic nitrogens is 1. The van der Waals surface area contributed by atoms with Gasteiger partial charge in [-0.3, -0.25) is 0 Å². The van der Waals surface area contributed by atoms with E-state index in [0.29, 0.717) is 11.7 Å². The molecule has 2 nitrogen and oxygen atoms in total. The van der Waals surface area contributed by atoms with Crippen LogP contribution in [-0.2, 0) is 0 Å². The summed E-state index contributed by atoms with van der Waals surface area (Å²) < 4.78 is 20.0. The molecule has 0 spiro atoms. The summed E-state index contributed by atoms with van der Waals surface area (Å²) in [5.74, 6) is 0.857. The molecule has 1 aliphatic carbocycles. The molecule has 0 amide bonds. The van der Waals surface area contributed by atoms with Gasteiger partial charge in [-0.15, -0.1) is 5.73 Å². The fraction of sp³-hybridized carbons (Fsp3) is 0.310. The van der Waals surface area contributed by atoms with E-state index in [-0.39, 0.29) is 5.82 Å². The quantitative estimate of drug-likeness (QED) is 0.292. The maximum absolute atomic E-state index is 14.2. The largest absolute Gasteiger partial charge is 0.494 e. The van der Waals surface area contributed by atoms with E-state index in [0.717, 1.165) is 76.5 Å². The third-order valence-corrected chi connectivity index (χ3v) is 6.22. The van der Waals surface area contributed by atoms with E-state index in [4.69, 9.17) is 9.72 Å². The first-order valence-electron chi connectivity index (χ1n) is 11.4. The summed E-state index contributed by atoms with van der Waals surface area (Å²) in [5, 5.41) is 0.996. The second kappa shape index (κ2) is 9.54. The Morgan fingerprint density at radius 3 is 2.62 bits per heavy atom. The fourth-order valence-corrected chi connectivity index (χ4v) is 4.63. The van der Waals surface area contributed by atoms with Crippen molar-refractivity contribution >= 4 is 16.5 Å². The van der Waals surface area contributed by atoms with Crippen LogP contribution in [0.15, 0.2) is 60.9 Å². The van der Waals surface area contributed by atoms with E-state index >= 15 is 0 Å². The van der Waals surface area contributed by atoms with Crippen molar-refractivity contribution in [2.45, 2.75) is 51.9 Å². The van der Waals surface area contributed by atoms with Gasteiger partial charge in [0.05, 0.1) is 7.11 Å². The lowest BCUT2D eigenvalue weighted by Gasteiger charge is -2.21. The van der Waals surface area contributed by atoms with Crippen molar-refractivity contribution in [3.8, 4) is 16.9 Å². The standard InChI is InChI=1S/C29H30FNO/c1-5-10-20(6-2)25-18-27(21-11-8-7-9-12-21)31-29-26(25)16-23(17-28(29)32-4)22-13-19(3)14-24(30)15-22/h7-8,13-18,21H,2,5,9-12H2,1,3-4H3. The smallest absolute Gasteiger partial charge is 0.145 e. The monoisotopic (exact) mass is 427 g/mol. The van der Waals surface area contributed by atoms with Crippen LogP contribution in [0.4, 0.5) is 4.39 Å². The number of hydrogen-bond acceptors (Lipinski definition) is 2. The highest BCUT2D eigenvalue weighted by atomic mass is 19.1. The number of allylic oxidation sites excluding steroid dienone is 3. The molecule has 0 radical (unpaired) electrons. The molecule has 1 heterocycles. The van der Waals surface area contributed by atoms with Crippen LogP contribution in [0.1, 0.15) is 61.8 Å². The normalized spacial score (nSPS) is 15.6. The topological polar surface area (TPSA) is 22.1 Å². The van der Waals surface area contributed by atoms with E-state index in [2.05, 4.69) is 43.5 Å². The third-order valence-electron chi connectivity index (χ3n) is 6.22. The van der Waals surface area contributed by atoms with Gasteiger partial charge in [-0.05, 0) is 85.2 Å². The van der Waals surface area contributed by atoms with Crippen molar-refractivity contribution in [3.63, 3.8) is 0 Å². The van der Waals surface area contributed by atoms with E-state index in [1.54, 1.807) is 19.2 Å². The lowest BCUT2D eigenvalue weighted by atomic mass is 9.87. The number of halogens is 1. The van der Waals surface area contributed by atoms with Gasteiger partial charge in [0.1, 0.15) is 17.1 Å². The molecule has 2 aromatic carbocycles. The molecular formula is C29H30FNO. The van der Waals surface area contributed by atoms with Crippen molar-refractivity contribution < 1.29 is 9.13 Å².